The van der Waals surface area contributed by atoms with Crippen LogP contribution in [-0.2, 0) is 0 Å². The summed E-state index contributed by atoms with van der Waals surface area (Å²) in [7, 11) is 0. The molecule has 0 aromatic carbocycles. The largest absolute Gasteiger partial charge is 0.321 e. The highest BCUT2D eigenvalue weighted by atomic mass is 14.9. The molecule has 152 valence electrons. The first-order valence-corrected chi connectivity index (χ1v) is 11.8. The summed E-state index contributed by atoms with van der Waals surface area (Å²) in [5.41, 5.74) is 10.2. The molecule has 0 aromatic heterocycles. The van der Waals surface area contributed by atoms with Gasteiger partial charge in [0.05, 0.1) is 0 Å². The molecule has 0 heterocycles. The minimum atomic E-state index is -0.0571. The van der Waals surface area contributed by atoms with Crippen LogP contribution < -0.4 is 5.73 Å². The molecule has 8 atom stereocenters. The normalized spacial score (nSPS) is 50.6. The van der Waals surface area contributed by atoms with Gasteiger partial charge in [0.15, 0.2) is 0 Å². The van der Waals surface area contributed by atoms with Crippen LogP contribution in [0.3, 0.4) is 0 Å². The Kier molecular flexibility index (Phi) is 4.32. The zero-order valence-electron chi connectivity index (χ0n) is 17.6. The van der Waals surface area contributed by atoms with E-state index in [9.17, 15) is 0 Å². The highest BCUT2D eigenvalue weighted by molar-refractivity contribution is 5.94. The number of hydrogen-bond donors (Lipinski definition) is 2. The molecule has 28 heavy (non-hydrogen) atoms. The summed E-state index contributed by atoms with van der Waals surface area (Å²) in [4.78, 5) is 0. The Morgan fingerprint density at radius 2 is 1.75 bits per heavy atom. The Bertz CT molecular complexity index is 725. The first-order valence-electron chi connectivity index (χ1n) is 11.8. The first-order chi connectivity index (χ1) is 13.5. The fraction of sp³-hybridized carbons (Fsp3) is 0.731. The fourth-order valence-electron chi connectivity index (χ4n) is 8.73. The molecule has 3 N–H and O–H groups in total. The van der Waals surface area contributed by atoms with Crippen molar-refractivity contribution >= 4 is 5.71 Å². The van der Waals surface area contributed by atoms with Gasteiger partial charge in [-0.25, -0.2) is 0 Å². The monoisotopic (exact) mass is 378 g/mol. The van der Waals surface area contributed by atoms with Gasteiger partial charge in [0.25, 0.3) is 0 Å². The van der Waals surface area contributed by atoms with E-state index in [-0.39, 0.29) is 5.54 Å². The van der Waals surface area contributed by atoms with Gasteiger partial charge < -0.3 is 11.1 Å². The van der Waals surface area contributed by atoms with Crippen molar-refractivity contribution in [2.75, 3.05) is 0 Å². The lowest BCUT2D eigenvalue weighted by molar-refractivity contribution is -0.0312. The molecule has 6 aliphatic carbocycles. The SMILES string of the molecule is C=CC=C.CC1C2CCC3C4C(C5CC5)CC5=CC(=N)CCC5(N)C4CCC132. The van der Waals surface area contributed by atoms with E-state index in [4.69, 9.17) is 11.1 Å². The van der Waals surface area contributed by atoms with Crippen LogP contribution in [0.4, 0.5) is 0 Å². The Morgan fingerprint density at radius 3 is 2.39 bits per heavy atom. The van der Waals surface area contributed by atoms with Crippen molar-refractivity contribution in [1.29, 1.82) is 5.41 Å². The second-order valence-corrected chi connectivity index (χ2v) is 10.8. The van der Waals surface area contributed by atoms with Crippen LogP contribution in [0.25, 0.3) is 0 Å². The molecule has 6 rings (SSSR count). The zero-order valence-corrected chi connectivity index (χ0v) is 17.6. The van der Waals surface area contributed by atoms with Crippen LogP contribution >= 0.6 is 0 Å². The number of nitrogens with one attached hydrogen (secondary N) is 1. The third-order valence-electron chi connectivity index (χ3n) is 10.1. The molecule has 6 aliphatic rings. The summed E-state index contributed by atoms with van der Waals surface area (Å²) in [6, 6.07) is 0. The smallest absolute Gasteiger partial charge is 0.0407 e. The lowest BCUT2D eigenvalue weighted by Crippen LogP contribution is -2.61. The molecule has 0 radical (unpaired) electrons. The molecular formula is C26H38N2. The minimum absolute atomic E-state index is 0.0571. The molecule has 2 nitrogen and oxygen atoms in total. The van der Waals surface area contributed by atoms with Crippen LogP contribution in [0.15, 0.2) is 37.0 Å². The Labute approximate surface area is 171 Å². The molecule has 2 heteroatoms. The highest BCUT2D eigenvalue weighted by Gasteiger charge is 2.73. The van der Waals surface area contributed by atoms with Gasteiger partial charge in [0.2, 0.25) is 0 Å². The molecule has 0 amide bonds. The average molecular weight is 379 g/mol. The van der Waals surface area contributed by atoms with Crippen LogP contribution in [0, 0.1) is 52.2 Å². The van der Waals surface area contributed by atoms with E-state index in [2.05, 4.69) is 26.2 Å². The zero-order chi connectivity index (χ0) is 19.7. The molecule has 0 aliphatic heterocycles. The Hall–Kier alpha value is -1.15. The van der Waals surface area contributed by atoms with E-state index >= 15 is 0 Å². The lowest BCUT2D eigenvalue weighted by atomic mass is 9.48. The quantitative estimate of drug-likeness (QED) is 0.577. The van der Waals surface area contributed by atoms with E-state index in [0.717, 1.165) is 65.4 Å². The van der Waals surface area contributed by atoms with Crippen LogP contribution in [0.5, 0.6) is 0 Å². The van der Waals surface area contributed by atoms with E-state index in [1.165, 1.54) is 50.5 Å². The molecule has 5 fully saturated rings. The van der Waals surface area contributed by atoms with Crippen LogP contribution in [0.2, 0.25) is 0 Å². The maximum atomic E-state index is 8.17. The van der Waals surface area contributed by atoms with Gasteiger partial charge in [0, 0.05) is 11.3 Å². The predicted molar refractivity (Wildman–Crippen MR) is 117 cm³/mol. The molecule has 0 saturated heterocycles. The van der Waals surface area contributed by atoms with Gasteiger partial charge in [0.1, 0.15) is 0 Å². The molecule has 5 saturated carbocycles. The minimum Gasteiger partial charge on any atom is -0.321 e. The molecular weight excluding hydrogens is 340 g/mol. The highest BCUT2D eigenvalue weighted by Crippen LogP contribution is 2.79. The summed E-state index contributed by atoms with van der Waals surface area (Å²) in [6.45, 7) is 9.28. The number of rotatable bonds is 2. The van der Waals surface area contributed by atoms with Gasteiger partial charge in [-0.3, -0.25) is 0 Å². The van der Waals surface area contributed by atoms with E-state index in [1.807, 2.05) is 0 Å². The number of fused-ring (bicyclic) bond motifs is 4. The summed E-state index contributed by atoms with van der Waals surface area (Å²) in [6.07, 6.45) is 17.5. The number of allylic oxidation sites excluding steroid dienone is 3. The maximum Gasteiger partial charge on any atom is 0.0407 e. The van der Waals surface area contributed by atoms with Crippen molar-refractivity contribution < 1.29 is 0 Å². The summed E-state index contributed by atoms with van der Waals surface area (Å²) in [5, 5.41) is 8.17. The topological polar surface area (TPSA) is 49.9 Å². The molecule has 1 spiro atoms. The molecule has 0 aromatic rings. The number of nitrogens with two attached hydrogens (primary N) is 1. The Morgan fingerprint density at radius 1 is 1.04 bits per heavy atom. The van der Waals surface area contributed by atoms with Crippen molar-refractivity contribution in [1.82, 2.24) is 0 Å². The van der Waals surface area contributed by atoms with E-state index < -0.39 is 0 Å². The second kappa shape index (κ2) is 6.42. The summed E-state index contributed by atoms with van der Waals surface area (Å²) in [5.74, 6) is 6.58. The van der Waals surface area contributed by atoms with Crippen molar-refractivity contribution in [2.45, 2.75) is 70.3 Å². The summed E-state index contributed by atoms with van der Waals surface area (Å²) < 4.78 is 0. The molecule has 0 bridgehead atoms. The summed E-state index contributed by atoms with van der Waals surface area (Å²) >= 11 is 0. The molecule has 8 unspecified atom stereocenters. The van der Waals surface area contributed by atoms with Gasteiger partial charge in [-0.2, -0.15) is 0 Å². The number of hydrogen-bond acceptors (Lipinski definition) is 2. The van der Waals surface area contributed by atoms with Crippen molar-refractivity contribution in [3.05, 3.63) is 37.0 Å². The maximum absolute atomic E-state index is 8.17. The van der Waals surface area contributed by atoms with E-state index in [0.29, 0.717) is 0 Å². The third kappa shape index (κ3) is 2.46. The second-order valence-electron chi connectivity index (χ2n) is 10.8. The fourth-order valence-corrected chi connectivity index (χ4v) is 8.73. The standard InChI is InChI=1S/C22H32N2.C4H6/c1-12-17-4-5-18-20-16(13-2-3-13)11-14-10-15(23)6-9-22(14,24)19(20)7-8-21(12,17)18;1-3-4-2/h10,12-13,16-20,23H,2-9,11,24H2,1H3;3-4H,1-2H2. The Balaban J connectivity index is 0.000000393. The van der Waals surface area contributed by atoms with Gasteiger partial charge in [-0.15, -0.1) is 0 Å². The first kappa shape index (κ1) is 18.9. The van der Waals surface area contributed by atoms with Gasteiger partial charge >= 0.3 is 0 Å². The van der Waals surface area contributed by atoms with Crippen molar-refractivity contribution in [3.63, 3.8) is 0 Å². The third-order valence-corrected chi connectivity index (χ3v) is 10.1. The van der Waals surface area contributed by atoms with Gasteiger partial charge in [-0.05, 0) is 116 Å². The van der Waals surface area contributed by atoms with E-state index in [1.54, 1.807) is 12.2 Å². The van der Waals surface area contributed by atoms with Crippen LogP contribution in [0.1, 0.15) is 64.7 Å². The predicted octanol–water partition coefficient (Wildman–Crippen LogP) is 5.90. The van der Waals surface area contributed by atoms with Crippen LogP contribution in [-0.4, -0.2) is 11.3 Å². The lowest BCUT2D eigenvalue weighted by Gasteiger charge is -2.59. The van der Waals surface area contributed by atoms with Crippen molar-refractivity contribution in [2.24, 2.45) is 52.6 Å². The van der Waals surface area contributed by atoms with Crippen molar-refractivity contribution in [3.8, 4) is 0 Å². The van der Waals surface area contributed by atoms with Gasteiger partial charge in [-0.1, -0.05) is 32.2 Å². The average Bonchev–Trinajstić information content (AvgIpc) is 3.58.